The van der Waals surface area contributed by atoms with Gasteiger partial charge in [-0.3, -0.25) is 4.79 Å². The van der Waals surface area contributed by atoms with Crippen LogP contribution >= 0.6 is 11.8 Å². The zero-order valence-corrected chi connectivity index (χ0v) is 16.6. The molecule has 1 N–H and O–H groups in total. The Labute approximate surface area is 159 Å². The van der Waals surface area contributed by atoms with Gasteiger partial charge in [0.15, 0.2) is 0 Å². The van der Waals surface area contributed by atoms with Crippen LogP contribution in [0.4, 0.5) is 0 Å². The predicted molar refractivity (Wildman–Crippen MR) is 104 cm³/mol. The number of rotatable bonds is 5. The van der Waals surface area contributed by atoms with Gasteiger partial charge in [0.1, 0.15) is 0 Å². The van der Waals surface area contributed by atoms with Gasteiger partial charge in [-0.1, -0.05) is 55.1 Å². The van der Waals surface area contributed by atoms with Gasteiger partial charge in [0.2, 0.25) is 11.1 Å². The van der Waals surface area contributed by atoms with Crippen molar-refractivity contribution in [2.24, 2.45) is 0 Å². The highest BCUT2D eigenvalue weighted by atomic mass is 32.2. The van der Waals surface area contributed by atoms with Crippen molar-refractivity contribution in [3.05, 3.63) is 29.3 Å². The van der Waals surface area contributed by atoms with E-state index >= 15 is 0 Å². The fourth-order valence-corrected chi connectivity index (χ4v) is 4.21. The smallest absolute Gasteiger partial charge is 0.233 e. The number of tetrazole rings is 1. The number of nitrogens with zero attached hydrogens (tertiary/aromatic N) is 4. The van der Waals surface area contributed by atoms with Gasteiger partial charge in [-0.2, -0.15) is 4.68 Å². The van der Waals surface area contributed by atoms with Crippen molar-refractivity contribution in [2.75, 3.05) is 0 Å². The van der Waals surface area contributed by atoms with Gasteiger partial charge in [-0.15, -0.1) is 5.10 Å². The normalized spacial score (nSPS) is 16.9. The maximum absolute atomic E-state index is 12.6. The Bertz CT molecular complexity index is 752. The van der Waals surface area contributed by atoms with E-state index in [2.05, 4.69) is 33.8 Å². The van der Waals surface area contributed by atoms with Crippen LogP contribution in [-0.2, 0) is 4.79 Å². The van der Waals surface area contributed by atoms with Crippen LogP contribution in [0.2, 0.25) is 0 Å². The van der Waals surface area contributed by atoms with Gasteiger partial charge >= 0.3 is 0 Å². The highest BCUT2D eigenvalue weighted by molar-refractivity contribution is 8.00. The Hall–Kier alpha value is -1.89. The fraction of sp³-hybridized carbons (Fsp3) is 0.579. The molecule has 1 amide bonds. The molecule has 1 atom stereocenters. The summed E-state index contributed by atoms with van der Waals surface area (Å²) in [6, 6.07) is 6.47. The van der Waals surface area contributed by atoms with Crippen LogP contribution in [0.25, 0.3) is 5.69 Å². The second kappa shape index (κ2) is 8.66. The number of hydrogen-bond donors (Lipinski definition) is 1. The van der Waals surface area contributed by atoms with Gasteiger partial charge in [-0.05, 0) is 55.7 Å². The van der Waals surface area contributed by atoms with E-state index in [9.17, 15) is 4.79 Å². The van der Waals surface area contributed by atoms with Crippen molar-refractivity contribution < 1.29 is 4.79 Å². The second-order valence-electron chi connectivity index (χ2n) is 7.12. The molecule has 1 heterocycles. The van der Waals surface area contributed by atoms with E-state index in [0.717, 1.165) is 24.1 Å². The first-order valence-electron chi connectivity index (χ1n) is 9.37. The highest BCUT2D eigenvalue weighted by Gasteiger charge is 2.22. The molecule has 1 aromatic carbocycles. The summed E-state index contributed by atoms with van der Waals surface area (Å²) in [5.74, 6) is 0.0667. The molecule has 6 nitrogen and oxygen atoms in total. The van der Waals surface area contributed by atoms with Gasteiger partial charge < -0.3 is 5.32 Å². The van der Waals surface area contributed by atoms with Gasteiger partial charge in [0.25, 0.3) is 0 Å². The molecule has 0 aliphatic heterocycles. The largest absolute Gasteiger partial charge is 0.352 e. The lowest BCUT2D eigenvalue weighted by molar-refractivity contribution is -0.121. The quantitative estimate of drug-likeness (QED) is 0.640. The standard InChI is InChI=1S/C19H27N5OS/c1-13-10-11-17(14(2)12-13)24-19(21-22-23-24)26-15(3)18(25)20-16-8-6-4-5-7-9-16/h10-12,15-16H,4-9H2,1-3H3,(H,20,25)/t15-/m1/s1. The Morgan fingerprint density at radius 2 is 1.96 bits per heavy atom. The molecule has 0 radical (unpaired) electrons. The fourth-order valence-electron chi connectivity index (χ4n) is 3.40. The number of benzene rings is 1. The molecule has 0 unspecified atom stereocenters. The molecule has 0 saturated heterocycles. The Kier molecular flexibility index (Phi) is 6.29. The summed E-state index contributed by atoms with van der Waals surface area (Å²) in [6.07, 6.45) is 7.14. The molecule has 1 aliphatic carbocycles. The maximum Gasteiger partial charge on any atom is 0.233 e. The third-order valence-electron chi connectivity index (χ3n) is 4.87. The van der Waals surface area contributed by atoms with Crippen LogP contribution < -0.4 is 5.32 Å². The Balaban J connectivity index is 1.67. The van der Waals surface area contributed by atoms with Crippen LogP contribution in [0, 0.1) is 13.8 Å². The molecule has 1 aromatic heterocycles. The average Bonchev–Trinajstić information content (AvgIpc) is 2.89. The molecular formula is C19H27N5OS. The molecule has 1 saturated carbocycles. The number of aryl methyl sites for hydroxylation is 2. The minimum Gasteiger partial charge on any atom is -0.352 e. The molecule has 0 bridgehead atoms. The zero-order chi connectivity index (χ0) is 18.5. The van der Waals surface area contributed by atoms with Crippen LogP contribution in [-0.4, -0.2) is 37.4 Å². The van der Waals surface area contributed by atoms with Crippen LogP contribution in [0.1, 0.15) is 56.6 Å². The van der Waals surface area contributed by atoms with E-state index in [1.165, 1.54) is 43.0 Å². The van der Waals surface area contributed by atoms with Crippen molar-refractivity contribution >= 4 is 17.7 Å². The van der Waals surface area contributed by atoms with Gasteiger partial charge in [0, 0.05) is 6.04 Å². The number of hydrogen-bond acceptors (Lipinski definition) is 5. The van der Waals surface area contributed by atoms with Crippen molar-refractivity contribution in [2.45, 2.75) is 75.7 Å². The number of thioether (sulfide) groups is 1. The minimum absolute atomic E-state index is 0.0667. The third-order valence-corrected chi connectivity index (χ3v) is 5.91. The first-order chi connectivity index (χ1) is 12.5. The van der Waals surface area contributed by atoms with Gasteiger partial charge in [0.05, 0.1) is 10.9 Å². The lowest BCUT2D eigenvalue weighted by Gasteiger charge is -2.19. The van der Waals surface area contributed by atoms with Crippen molar-refractivity contribution in [1.82, 2.24) is 25.5 Å². The van der Waals surface area contributed by atoms with E-state index in [4.69, 9.17) is 0 Å². The Morgan fingerprint density at radius 1 is 1.23 bits per heavy atom. The zero-order valence-electron chi connectivity index (χ0n) is 15.7. The predicted octanol–water partition coefficient (Wildman–Crippen LogP) is 3.60. The van der Waals surface area contributed by atoms with Gasteiger partial charge in [-0.25, -0.2) is 0 Å². The molecule has 2 aromatic rings. The molecule has 7 heteroatoms. The number of aromatic nitrogens is 4. The van der Waals surface area contributed by atoms with E-state index in [0.29, 0.717) is 11.2 Å². The first kappa shape index (κ1) is 18.9. The lowest BCUT2D eigenvalue weighted by Crippen LogP contribution is -2.39. The average molecular weight is 374 g/mol. The number of carbonyl (C=O) groups is 1. The summed E-state index contributed by atoms with van der Waals surface area (Å²) < 4.78 is 1.72. The van der Waals surface area contributed by atoms with Crippen molar-refractivity contribution in [3.8, 4) is 5.69 Å². The first-order valence-corrected chi connectivity index (χ1v) is 10.3. The lowest BCUT2D eigenvalue weighted by atomic mass is 10.1. The Morgan fingerprint density at radius 3 is 2.65 bits per heavy atom. The SMILES string of the molecule is Cc1ccc(-n2nnnc2S[C@H](C)C(=O)NC2CCCCCC2)c(C)c1. The minimum atomic E-state index is -0.242. The number of nitrogens with one attached hydrogen (secondary N) is 1. The second-order valence-corrected chi connectivity index (χ2v) is 8.43. The van der Waals surface area contributed by atoms with E-state index in [1.807, 2.05) is 26.0 Å². The van der Waals surface area contributed by atoms with Crippen molar-refractivity contribution in [3.63, 3.8) is 0 Å². The van der Waals surface area contributed by atoms with E-state index < -0.39 is 0 Å². The summed E-state index contributed by atoms with van der Waals surface area (Å²) in [5.41, 5.74) is 3.25. The van der Waals surface area contributed by atoms with E-state index in [-0.39, 0.29) is 11.2 Å². The summed E-state index contributed by atoms with van der Waals surface area (Å²) in [7, 11) is 0. The number of carbonyl (C=O) groups excluding carboxylic acids is 1. The topological polar surface area (TPSA) is 72.7 Å². The van der Waals surface area contributed by atoms with Crippen molar-refractivity contribution in [1.29, 1.82) is 0 Å². The molecule has 0 spiro atoms. The summed E-state index contributed by atoms with van der Waals surface area (Å²) in [5, 5.41) is 15.7. The molecule has 1 aliphatic rings. The van der Waals surface area contributed by atoms with E-state index in [1.54, 1.807) is 4.68 Å². The molecule has 26 heavy (non-hydrogen) atoms. The van der Waals surface area contributed by atoms with Crippen LogP contribution in [0.15, 0.2) is 23.4 Å². The van der Waals surface area contributed by atoms with Crippen LogP contribution in [0.3, 0.4) is 0 Å². The highest BCUT2D eigenvalue weighted by Crippen LogP contribution is 2.25. The molecule has 3 rings (SSSR count). The maximum atomic E-state index is 12.6. The summed E-state index contributed by atoms with van der Waals surface area (Å²) in [6.45, 7) is 6.02. The molecular weight excluding hydrogens is 346 g/mol. The third kappa shape index (κ3) is 4.63. The monoisotopic (exact) mass is 373 g/mol. The summed E-state index contributed by atoms with van der Waals surface area (Å²) >= 11 is 1.40. The molecule has 1 fully saturated rings. The van der Waals surface area contributed by atoms with Crippen LogP contribution in [0.5, 0.6) is 0 Å². The summed E-state index contributed by atoms with van der Waals surface area (Å²) in [4.78, 5) is 12.6. The molecule has 140 valence electrons. The number of amides is 1.